The van der Waals surface area contributed by atoms with E-state index in [2.05, 4.69) is 0 Å². The Morgan fingerprint density at radius 1 is 1.29 bits per heavy atom. The molecule has 2 rings (SSSR count). The summed E-state index contributed by atoms with van der Waals surface area (Å²) < 4.78 is 37.5. The van der Waals surface area contributed by atoms with Crippen LogP contribution in [-0.2, 0) is 12.6 Å². The Bertz CT molecular complexity index is 435. The van der Waals surface area contributed by atoms with Crippen LogP contribution in [0.1, 0.15) is 24.0 Å². The Morgan fingerprint density at radius 3 is 2.65 bits per heavy atom. The van der Waals surface area contributed by atoms with Crippen molar-refractivity contribution in [3.63, 3.8) is 0 Å². The van der Waals surface area contributed by atoms with Crippen molar-refractivity contribution in [2.75, 3.05) is 0 Å². The van der Waals surface area contributed by atoms with Gasteiger partial charge in [-0.2, -0.15) is 13.2 Å². The maximum atomic E-state index is 12.5. The van der Waals surface area contributed by atoms with Crippen molar-refractivity contribution in [3.8, 4) is 0 Å². The van der Waals surface area contributed by atoms with Crippen LogP contribution in [0.4, 0.5) is 13.2 Å². The molecule has 1 unspecified atom stereocenters. The number of hydrogen-bond acceptors (Lipinski definition) is 0. The average molecular weight is 261 g/mol. The van der Waals surface area contributed by atoms with Gasteiger partial charge >= 0.3 is 6.18 Å². The van der Waals surface area contributed by atoms with Gasteiger partial charge in [0.15, 0.2) is 0 Å². The van der Waals surface area contributed by atoms with Gasteiger partial charge < -0.3 is 0 Å². The molecule has 0 spiro atoms. The fourth-order valence-corrected chi connectivity index (χ4v) is 2.30. The molecule has 0 saturated heterocycles. The number of alkyl halides is 4. The van der Waals surface area contributed by atoms with Gasteiger partial charge in [-0.25, -0.2) is 0 Å². The number of benzene rings is 1. The Labute approximate surface area is 103 Å². The van der Waals surface area contributed by atoms with Crippen LogP contribution in [0, 0.1) is 0 Å². The highest BCUT2D eigenvalue weighted by atomic mass is 35.5. The van der Waals surface area contributed by atoms with E-state index >= 15 is 0 Å². The fraction of sp³-hybridized carbons (Fsp3) is 0.385. The van der Waals surface area contributed by atoms with Crippen molar-refractivity contribution in [1.29, 1.82) is 0 Å². The van der Waals surface area contributed by atoms with Crippen LogP contribution in [0.3, 0.4) is 0 Å². The largest absolute Gasteiger partial charge is 0.416 e. The molecule has 1 aromatic carbocycles. The van der Waals surface area contributed by atoms with Crippen LogP contribution in [0.15, 0.2) is 35.9 Å². The number of rotatable bonds is 2. The summed E-state index contributed by atoms with van der Waals surface area (Å²) in [6.45, 7) is 0. The molecule has 0 aromatic heterocycles. The van der Waals surface area contributed by atoms with Gasteiger partial charge in [-0.3, -0.25) is 0 Å². The third-order valence-corrected chi connectivity index (χ3v) is 3.19. The Balaban J connectivity index is 2.15. The summed E-state index contributed by atoms with van der Waals surface area (Å²) in [6, 6.07) is 5.47. The van der Waals surface area contributed by atoms with E-state index in [-0.39, 0.29) is 5.38 Å². The van der Waals surface area contributed by atoms with Crippen molar-refractivity contribution in [2.24, 2.45) is 0 Å². The van der Waals surface area contributed by atoms with Crippen molar-refractivity contribution in [3.05, 3.63) is 47.0 Å². The Hall–Kier alpha value is -0.960. The van der Waals surface area contributed by atoms with Crippen LogP contribution >= 0.6 is 11.6 Å². The SMILES string of the molecule is FC(F)(F)c1cccc(CC2=CC(Cl)CC2)c1. The van der Waals surface area contributed by atoms with Gasteiger partial charge in [0.2, 0.25) is 0 Å². The molecule has 1 atom stereocenters. The molecule has 1 aliphatic carbocycles. The lowest BCUT2D eigenvalue weighted by atomic mass is 10.0. The molecule has 0 amide bonds. The van der Waals surface area contributed by atoms with E-state index in [4.69, 9.17) is 11.6 Å². The second-order valence-electron chi connectivity index (χ2n) is 4.25. The van der Waals surface area contributed by atoms with Crippen LogP contribution in [-0.4, -0.2) is 5.38 Å². The third kappa shape index (κ3) is 3.25. The molecule has 0 bridgehead atoms. The smallest absolute Gasteiger partial charge is 0.166 e. The van der Waals surface area contributed by atoms with Crippen molar-refractivity contribution in [2.45, 2.75) is 30.8 Å². The fourth-order valence-electron chi connectivity index (χ4n) is 2.01. The molecule has 0 saturated carbocycles. The molecule has 17 heavy (non-hydrogen) atoms. The van der Waals surface area contributed by atoms with Crippen LogP contribution in [0.25, 0.3) is 0 Å². The Morgan fingerprint density at radius 2 is 2.06 bits per heavy atom. The van der Waals surface area contributed by atoms with E-state index in [1.165, 1.54) is 12.1 Å². The maximum Gasteiger partial charge on any atom is 0.416 e. The first-order chi connectivity index (χ1) is 7.95. The summed E-state index contributed by atoms with van der Waals surface area (Å²) in [6.07, 6.45) is 0.00427. The van der Waals surface area contributed by atoms with Crippen molar-refractivity contribution in [1.82, 2.24) is 0 Å². The van der Waals surface area contributed by atoms with E-state index in [1.807, 2.05) is 6.08 Å². The molecule has 0 aliphatic heterocycles. The van der Waals surface area contributed by atoms with Gasteiger partial charge in [-0.05, 0) is 30.9 Å². The van der Waals surface area contributed by atoms with E-state index in [0.717, 1.165) is 24.5 Å². The van der Waals surface area contributed by atoms with Crippen LogP contribution < -0.4 is 0 Å². The molecule has 0 fully saturated rings. The maximum absolute atomic E-state index is 12.5. The van der Waals surface area contributed by atoms with Gasteiger partial charge in [0.05, 0.1) is 10.9 Å². The molecule has 92 valence electrons. The molecule has 0 N–H and O–H groups in total. The zero-order valence-corrected chi connectivity index (χ0v) is 9.85. The average Bonchev–Trinajstić information content (AvgIpc) is 2.63. The van der Waals surface area contributed by atoms with Gasteiger partial charge in [0, 0.05) is 0 Å². The predicted molar refractivity (Wildman–Crippen MR) is 62.1 cm³/mol. The minimum absolute atomic E-state index is 0.0378. The third-order valence-electron chi connectivity index (χ3n) is 2.84. The van der Waals surface area contributed by atoms with Gasteiger partial charge in [0.1, 0.15) is 0 Å². The van der Waals surface area contributed by atoms with Gasteiger partial charge in [-0.1, -0.05) is 29.8 Å². The summed E-state index contributed by atoms with van der Waals surface area (Å²) in [4.78, 5) is 0. The molecule has 0 radical (unpaired) electrons. The first-order valence-corrected chi connectivity index (χ1v) is 5.88. The summed E-state index contributed by atoms with van der Waals surface area (Å²) in [5.41, 5.74) is 1.23. The van der Waals surface area contributed by atoms with E-state index in [0.29, 0.717) is 12.0 Å². The highest BCUT2D eigenvalue weighted by Gasteiger charge is 2.30. The highest BCUT2D eigenvalue weighted by Crippen LogP contribution is 2.31. The summed E-state index contributed by atoms with van der Waals surface area (Å²) in [7, 11) is 0. The second-order valence-corrected chi connectivity index (χ2v) is 4.82. The molecular weight excluding hydrogens is 249 g/mol. The van der Waals surface area contributed by atoms with Gasteiger partial charge in [-0.15, -0.1) is 11.6 Å². The standard InChI is InChI=1S/C13H12ClF3/c14-12-5-4-10(8-12)6-9-2-1-3-11(7-9)13(15,16)17/h1-3,7-8,12H,4-6H2. The molecule has 1 aliphatic rings. The monoisotopic (exact) mass is 260 g/mol. The zero-order valence-electron chi connectivity index (χ0n) is 9.10. The minimum atomic E-state index is -4.27. The summed E-state index contributed by atoms with van der Waals surface area (Å²) >= 11 is 5.92. The molecule has 4 heteroatoms. The van der Waals surface area contributed by atoms with Gasteiger partial charge in [0.25, 0.3) is 0 Å². The highest BCUT2D eigenvalue weighted by molar-refractivity contribution is 6.22. The normalized spacial score (nSPS) is 20.5. The lowest BCUT2D eigenvalue weighted by Crippen LogP contribution is -2.05. The number of hydrogen-bond donors (Lipinski definition) is 0. The number of allylic oxidation sites excluding steroid dienone is 2. The van der Waals surface area contributed by atoms with Crippen molar-refractivity contribution < 1.29 is 13.2 Å². The lowest BCUT2D eigenvalue weighted by molar-refractivity contribution is -0.137. The van der Waals surface area contributed by atoms with Crippen molar-refractivity contribution >= 4 is 11.6 Å². The first kappa shape index (κ1) is 12.5. The van der Waals surface area contributed by atoms with Crippen LogP contribution in [0.5, 0.6) is 0 Å². The Kier molecular flexibility index (Phi) is 3.48. The van der Waals surface area contributed by atoms with E-state index < -0.39 is 11.7 Å². The van der Waals surface area contributed by atoms with E-state index in [9.17, 15) is 13.2 Å². The zero-order chi connectivity index (χ0) is 12.5. The second kappa shape index (κ2) is 4.73. The molecule has 0 nitrogen and oxygen atoms in total. The summed E-state index contributed by atoms with van der Waals surface area (Å²) in [5.74, 6) is 0. The minimum Gasteiger partial charge on any atom is -0.166 e. The summed E-state index contributed by atoms with van der Waals surface area (Å²) in [5, 5.41) is 0.0378. The topological polar surface area (TPSA) is 0 Å². The number of halogens is 4. The van der Waals surface area contributed by atoms with Crippen LogP contribution in [0.2, 0.25) is 0 Å². The van der Waals surface area contributed by atoms with E-state index in [1.54, 1.807) is 6.07 Å². The molecule has 0 heterocycles. The lowest BCUT2D eigenvalue weighted by Gasteiger charge is -2.09. The quantitative estimate of drug-likeness (QED) is 0.539. The molecular formula is C13H12ClF3. The predicted octanol–water partition coefficient (Wildman–Crippen LogP) is 4.58. The molecule has 1 aromatic rings. The first-order valence-electron chi connectivity index (χ1n) is 5.45.